The zero-order valence-electron chi connectivity index (χ0n) is 19.6. The Bertz CT molecular complexity index is 1100. The van der Waals surface area contributed by atoms with Gasteiger partial charge >= 0.3 is 17.5 Å². The molecular formula is C22H32N6O6. The highest BCUT2D eigenvalue weighted by atomic mass is 16.5. The molecule has 2 aromatic rings. The van der Waals surface area contributed by atoms with Crippen LogP contribution in [0.25, 0.3) is 0 Å². The number of hydrogen-bond donors (Lipinski definition) is 2. The van der Waals surface area contributed by atoms with E-state index in [1.54, 1.807) is 0 Å². The number of nitrogens with one attached hydrogen (secondary N) is 1. The Kier molecular flexibility index (Phi) is 10.2. The molecule has 0 aliphatic heterocycles. The molecule has 0 atom stereocenters. The van der Waals surface area contributed by atoms with Crippen LogP contribution in [-0.2, 0) is 27.5 Å². The molecule has 2 aromatic heterocycles. The lowest BCUT2D eigenvalue weighted by Gasteiger charge is -2.24. The summed E-state index contributed by atoms with van der Waals surface area (Å²) < 4.78 is 6.77. The standard InChI is InChI=1S/C22H32N6O6/c1-3-5-7-13-26(19-20(23)27(12-6-4-2)22(32)25-21(19)31)17(29)9-10-18(30)34-15-16-24-11-8-14-28(16)33/h8,11,14H,3-7,9-10,12-13,15,23H2,1-2H3,(H,25,31,32). The molecule has 12 heteroatoms. The van der Waals surface area contributed by atoms with Crippen molar-refractivity contribution in [2.75, 3.05) is 17.2 Å². The minimum atomic E-state index is -0.752. The topological polar surface area (TPSA) is 167 Å². The monoisotopic (exact) mass is 476 g/mol. The van der Waals surface area contributed by atoms with Gasteiger partial charge in [0.15, 0.2) is 12.3 Å². The highest BCUT2D eigenvalue weighted by Gasteiger charge is 2.24. The summed E-state index contributed by atoms with van der Waals surface area (Å²) in [5.74, 6) is -1.26. The summed E-state index contributed by atoms with van der Waals surface area (Å²) in [6.07, 6.45) is 5.94. The van der Waals surface area contributed by atoms with Crippen LogP contribution in [0.3, 0.4) is 0 Å². The third-order valence-corrected chi connectivity index (χ3v) is 5.20. The number of aromatic nitrogens is 4. The van der Waals surface area contributed by atoms with Gasteiger partial charge in [0.25, 0.3) is 5.56 Å². The van der Waals surface area contributed by atoms with Gasteiger partial charge in [0, 0.05) is 25.6 Å². The summed E-state index contributed by atoms with van der Waals surface area (Å²) in [4.78, 5) is 57.3. The maximum absolute atomic E-state index is 13.0. The van der Waals surface area contributed by atoms with E-state index >= 15 is 0 Å². The fourth-order valence-corrected chi connectivity index (χ4v) is 3.31. The first kappa shape index (κ1) is 26.6. The average Bonchev–Trinajstić information content (AvgIpc) is 2.80. The fraction of sp³-hybridized carbons (Fsp3) is 0.545. The SMILES string of the molecule is CCCCCN(C(=O)CCC(=O)OCc1nccc[n+]1[O-])c1c(N)n(CCCC)c(=O)[nH]c1=O. The second-order valence-corrected chi connectivity index (χ2v) is 7.77. The predicted octanol–water partition coefficient (Wildman–Crippen LogP) is 0.994. The Morgan fingerprint density at radius 3 is 2.62 bits per heavy atom. The highest BCUT2D eigenvalue weighted by molar-refractivity contribution is 5.96. The molecule has 12 nitrogen and oxygen atoms in total. The molecule has 0 saturated heterocycles. The average molecular weight is 477 g/mol. The van der Waals surface area contributed by atoms with Crippen molar-refractivity contribution in [1.29, 1.82) is 0 Å². The van der Waals surface area contributed by atoms with E-state index in [2.05, 4.69) is 9.97 Å². The minimum Gasteiger partial charge on any atom is -0.711 e. The van der Waals surface area contributed by atoms with Gasteiger partial charge in [-0.25, -0.2) is 9.52 Å². The predicted molar refractivity (Wildman–Crippen MR) is 125 cm³/mol. The number of aromatic amines is 1. The Morgan fingerprint density at radius 2 is 1.94 bits per heavy atom. The number of carbonyl (C=O) groups is 2. The summed E-state index contributed by atoms with van der Waals surface area (Å²) in [6.45, 7) is 4.15. The molecule has 0 spiro atoms. The van der Waals surface area contributed by atoms with Crippen LogP contribution < -0.4 is 26.6 Å². The molecule has 0 bridgehead atoms. The number of anilines is 2. The molecular weight excluding hydrogens is 444 g/mol. The van der Waals surface area contributed by atoms with E-state index in [-0.39, 0.29) is 43.3 Å². The number of carbonyl (C=O) groups excluding carboxylic acids is 2. The summed E-state index contributed by atoms with van der Waals surface area (Å²) in [7, 11) is 0. The van der Waals surface area contributed by atoms with Gasteiger partial charge in [0.05, 0.1) is 12.6 Å². The smallest absolute Gasteiger partial charge is 0.339 e. The lowest BCUT2D eigenvalue weighted by atomic mass is 10.2. The maximum Gasteiger partial charge on any atom is 0.339 e. The maximum atomic E-state index is 13.0. The van der Waals surface area contributed by atoms with Gasteiger partial charge in [-0.2, -0.15) is 0 Å². The summed E-state index contributed by atoms with van der Waals surface area (Å²) in [5, 5.41) is 11.6. The third-order valence-electron chi connectivity index (χ3n) is 5.20. The summed E-state index contributed by atoms with van der Waals surface area (Å²) >= 11 is 0. The molecule has 0 aromatic carbocycles. The van der Waals surface area contributed by atoms with Crippen molar-refractivity contribution in [3.8, 4) is 0 Å². The first-order chi connectivity index (χ1) is 16.3. The number of esters is 1. The van der Waals surface area contributed by atoms with Crippen molar-refractivity contribution >= 4 is 23.4 Å². The van der Waals surface area contributed by atoms with Crippen LogP contribution in [0.2, 0.25) is 0 Å². The number of rotatable bonds is 13. The van der Waals surface area contributed by atoms with E-state index in [1.165, 1.54) is 27.9 Å². The van der Waals surface area contributed by atoms with Gasteiger partial charge in [0.1, 0.15) is 12.0 Å². The van der Waals surface area contributed by atoms with Gasteiger partial charge in [-0.1, -0.05) is 33.1 Å². The van der Waals surface area contributed by atoms with Gasteiger partial charge in [-0.05, 0) is 17.8 Å². The van der Waals surface area contributed by atoms with Crippen LogP contribution in [0, 0.1) is 5.21 Å². The number of nitrogen functional groups attached to an aromatic ring is 1. The summed E-state index contributed by atoms with van der Waals surface area (Å²) in [6, 6.07) is 1.45. The normalized spacial score (nSPS) is 10.8. The molecule has 0 aliphatic carbocycles. The largest absolute Gasteiger partial charge is 0.711 e. The molecule has 186 valence electrons. The molecule has 3 N–H and O–H groups in total. The number of H-pyrrole nitrogens is 1. The van der Waals surface area contributed by atoms with E-state index in [1.807, 2.05) is 13.8 Å². The van der Waals surface area contributed by atoms with E-state index in [4.69, 9.17) is 10.5 Å². The van der Waals surface area contributed by atoms with Gasteiger partial charge in [-0.15, -0.1) is 0 Å². The van der Waals surface area contributed by atoms with E-state index in [0.29, 0.717) is 24.1 Å². The lowest BCUT2D eigenvalue weighted by Crippen LogP contribution is -2.41. The fourth-order valence-electron chi connectivity index (χ4n) is 3.31. The first-order valence-corrected chi connectivity index (χ1v) is 11.4. The number of amides is 1. The zero-order chi connectivity index (χ0) is 25.1. The number of nitrogens with zero attached hydrogens (tertiary/aromatic N) is 4. The molecule has 0 radical (unpaired) electrons. The van der Waals surface area contributed by atoms with E-state index in [9.17, 15) is 24.4 Å². The van der Waals surface area contributed by atoms with Crippen LogP contribution >= 0.6 is 0 Å². The number of ether oxygens (including phenoxy) is 1. The number of nitrogens with two attached hydrogens (primary N) is 1. The van der Waals surface area contributed by atoms with Crippen molar-refractivity contribution in [2.45, 2.75) is 71.9 Å². The Morgan fingerprint density at radius 1 is 1.21 bits per heavy atom. The van der Waals surface area contributed by atoms with Gasteiger partial charge in [-0.3, -0.25) is 23.9 Å². The quantitative estimate of drug-likeness (QED) is 0.187. The van der Waals surface area contributed by atoms with Crippen molar-refractivity contribution in [3.05, 3.63) is 50.3 Å². The van der Waals surface area contributed by atoms with Crippen molar-refractivity contribution < 1.29 is 19.1 Å². The highest BCUT2D eigenvalue weighted by Crippen LogP contribution is 2.20. The van der Waals surface area contributed by atoms with Crippen LogP contribution in [-0.4, -0.2) is 33.0 Å². The lowest BCUT2D eigenvalue weighted by molar-refractivity contribution is -0.620. The molecule has 0 unspecified atom stereocenters. The van der Waals surface area contributed by atoms with Crippen LogP contribution in [0.4, 0.5) is 11.5 Å². The second kappa shape index (κ2) is 13.1. The van der Waals surface area contributed by atoms with E-state index < -0.39 is 23.1 Å². The molecule has 0 saturated carbocycles. The molecule has 2 heterocycles. The van der Waals surface area contributed by atoms with Gasteiger partial charge in [0.2, 0.25) is 5.91 Å². The Balaban J connectivity index is 2.16. The van der Waals surface area contributed by atoms with Crippen molar-refractivity contribution in [2.24, 2.45) is 0 Å². The third kappa shape index (κ3) is 7.15. The number of unbranched alkanes of at least 4 members (excludes halogenated alkanes) is 3. The van der Waals surface area contributed by atoms with Crippen LogP contribution in [0.5, 0.6) is 0 Å². The Labute approximate surface area is 197 Å². The van der Waals surface area contributed by atoms with Crippen LogP contribution in [0.15, 0.2) is 28.0 Å². The van der Waals surface area contributed by atoms with Crippen molar-refractivity contribution in [1.82, 2.24) is 14.5 Å². The molecule has 0 fully saturated rings. The number of hydrogen-bond acceptors (Lipinski definition) is 8. The van der Waals surface area contributed by atoms with E-state index in [0.717, 1.165) is 19.3 Å². The molecule has 1 amide bonds. The van der Waals surface area contributed by atoms with Gasteiger partial charge < -0.3 is 20.6 Å². The molecule has 0 aliphatic rings. The molecule has 34 heavy (non-hydrogen) atoms. The minimum absolute atomic E-state index is 0.0111. The zero-order valence-corrected chi connectivity index (χ0v) is 19.6. The Hall–Kier alpha value is -3.70. The van der Waals surface area contributed by atoms with Crippen LogP contribution in [0.1, 0.15) is 64.6 Å². The summed E-state index contributed by atoms with van der Waals surface area (Å²) in [5.41, 5.74) is 4.70. The molecule has 2 rings (SSSR count). The second-order valence-electron chi connectivity index (χ2n) is 7.77. The van der Waals surface area contributed by atoms with Crippen molar-refractivity contribution in [3.63, 3.8) is 0 Å². The first-order valence-electron chi connectivity index (χ1n) is 11.4.